The number of carboxylic acids is 1. The van der Waals surface area contributed by atoms with Crippen molar-refractivity contribution in [1.29, 1.82) is 0 Å². The van der Waals surface area contributed by atoms with E-state index in [9.17, 15) is 28.2 Å². The fraction of sp³-hybridized carbons (Fsp3) is 0.286. The molecule has 0 saturated carbocycles. The van der Waals surface area contributed by atoms with E-state index < -0.39 is 39.6 Å². The molecular weight excluding hydrogens is 595 g/mol. The molecule has 5 rings (SSSR count). The number of aliphatic hydroxyl groups is 1. The van der Waals surface area contributed by atoms with Gasteiger partial charge in [-0.25, -0.2) is 17.5 Å². The number of halogens is 2. The van der Waals surface area contributed by atoms with Crippen LogP contribution in [0.2, 0.25) is 10.0 Å². The molecular formula is C28H26Cl2N2O8S. The first-order valence-corrected chi connectivity index (χ1v) is 14.7. The number of likely N-dealkylation sites (tertiary alicyclic amines) is 1. The zero-order valence-corrected chi connectivity index (χ0v) is 24.3. The third-order valence-corrected chi connectivity index (χ3v) is 9.83. The van der Waals surface area contributed by atoms with Crippen molar-refractivity contribution < 1.29 is 37.7 Å². The van der Waals surface area contributed by atoms with Gasteiger partial charge in [-0.05, 0) is 49.2 Å². The van der Waals surface area contributed by atoms with Crippen LogP contribution in [0.1, 0.15) is 24.0 Å². The monoisotopic (exact) mass is 620 g/mol. The number of carboxylic acid groups (broad SMARTS) is 1. The van der Waals surface area contributed by atoms with E-state index in [0.717, 1.165) is 9.21 Å². The van der Waals surface area contributed by atoms with Crippen LogP contribution in [0.4, 0.5) is 5.69 Å². The van der Waals surface area contributed by atoms with E-state index in [0.29, 0.717) is 6.42 Å². The van der Waals surface area contributed by atoms with Crippen molar-refractivity contribution in [2.45, 2.75) is 35.4 Å². The van der Waals surface area contributed by atoms with Crippen LogP contribution in [-0.4, -0.2) is 68.3 Å². The molecule has 0 spiro atoms. The molecule has 0 aromatic heterocycles. The van der Waals surface area contributed by atoms with Gasteiger partial charge in [-0.1, -0.05) is 41.4 Å². The molecule has 2 aliphatic heterocycles. The molecule has 10 nitrogen and oxygen atoms in total. The van der Waals surface area contributed by atoms with Gasteiger partial charge in [0.05, 0.1) is 24.8 Å². The quantitative estimate of drug-likeness (QED) is 0.406. The second-order valence-corrected chi connectivity index (χ2v) is 12.3. The van der Waals surface area contributed by atoms with Crippen molar-refractivity contribution in [2.24, 2.45) is 0 Å². The van der Waals surface area contributed by atoms with Crippen molar-refractivity contribution in [3.05, 3.63) is 81.8 Å². The molecule has 0 aliphatic carbocycles. The van der Waals surface area contributed by atoms with Gasteiger partial charge in [0.1, 0.15) is 11.6 Å². The Kier molecular flexibility index (Phi) is 7.58. The number of sulfonamides is 1. The lowest BCUT2D eigenvalue weighted by Crippen LogP contribution is -2.59. The molecule has 2 heterocycles. The Morgan fingerprint density at radius 1 is 0.976 bits per heavy atom. The predicted molar refractivity (Wildman–Crippen MR) is 151 cm³/mol. The van der Waals surface area contributed by atoms with E-state index in [1.54, 1.807) is 12.1 Å². The number of carbonyl (C=O) groups excluding carboxylic acids is 1. The Morgan fingerprint density at radius 3 is 2.34 bits per heavy atom. The molecule has 2 aliphatic rings. The molecule has 3 aromatic rings. The minimum atomic E-state index is -4.62. The van der Waals surface area contributed by atoms with Crippen LogP contribution in [0, 0.1) is 0 Å². The van der Waals surface area contributed by atoms with Gasteiger partial charge in [0.25, 0.3) is 15.9 Å². The zero-order chi connectivity index (χ0) is 29.7. The summed E-state index contributed by atoms with van der Waals surface area (Å²) in [6, 6.07) is 11.3. The van der Waals surface area contributed by atoms with Crippen molar-refractivity contribution in [3.63, 3.8) is 0 Å². The maximum Gasteiger partial charge on any atom is 0.326 e. The standard InChI is InChI=1S/C28H26Cl2N2O8S/c1-39-23-12-10-17(15-24(23)40-2)41(37,38)32-21-11-9-16(29)14-19(21)28(36,18-6-3-4-7-20(18)30)25(32)26(33)31-13-5-8-22(31)27(34)35/h3-4,6-7,9-12,14-15,22,25,36H,5,8,13H2,1-2H3,(H,34,35). The molecule has 13 heteroatoms. The molecule has 41 heavy (non-hydrogen) atoms. The number of benzene rings is 3. The van der Waals surface area contributed by atoms with E-state index in [-0.39, 0.29) is 56.2 Å². The second-order valence-electron chi connectivity index (χ2n) is 9.66. The van der Waals surface area contributed by atoms with Gasteiger partial charge in [0, 0.05) is 33.8 Å². The van der Waals surface area contributed by atoms with Gasteiger partial charge in [0.2, 0.25) is 0 Å². The number of amides is 1. The number of aliphatic carboxylic acids is 1. The van der Waals surface area contributed by atoms with Crippen molar-refractivity contribution >= 4 is 50.8 Å². The molecule has 1 amide bonds. The smallest absolute Gasteiger partial charge is 0.326 e. The zero-order valence-electron chi connectivity index (χ0n) is 22.0. The largest absolute Gasteiger partial charge is 0.493 e. The summed E-state index contributed by atoms with van der Waals surface area (Å²) in [4.78, 5) is 27.3. The fourth-order valence-corrected chi connectivity index (χ4v) is 7.72. The van der Waals surface area contributed by atoms with Gasteiger partial charge in [0.15, 0.2) is 17.5 Å². The van der Waals surface area contributed by atoms with E-state index >= 15 is 0 Å². The molecule has 3 aromatic carbocycles. The Balaban J connectivity index is 1.80. The van der Waals surface area contributed by atoms with Crippen molar-refractivity contribution in [1.82, 2.24) is 4.90 Å². The van der Waals surface area contributed by atoms with Crippen LogP contribution < -0.4 is 13.8 Å². The topological polar surface area (TPSA) is 134 Å². The average Bonchev–Trinajstić information content (AvgIpc) is 3.55. The lowest BCUT2D eigenvalue weighted by molar-refractivity contribution is -0.150. The maximum absolute atomic E-state index is 14.5. The number of rotatable bonds is 7. The molecule has 0 radical (unpaired) electrons. The summed E-state index contributed by atoms with van der Waals surface area (Å²) in [7, 11) is -1.87. The summed E-state index contributed by atoms with van der Waals surface area (Å²) in [5, 5.41) is 22.7. The van der Waals surface area contributed by atoms with Crippen molar-refractivity contribution in [2.75, 3.05) is 25.1 Å². The first-order valence-electron chi connectivity index (χ1n) is 12.5. The van der Waals surface area contributed by atoms with Crippen LogP contribution in [0.3, 0.4) is 0 Å². The number of methoxy groups -OCH3 is 2. The van der Waals surface area contributed by atoms with Crippen LogP contribution in [0.15, 0.2) is 65.6 Å². The molecule has 2 N–H and O–H groups in total. The van der Waals surface area contributed by atoms with Gasteiger partial charge in [-0.2, -0.15) is 0 Å². The summed E-state index contributed by atoms with van der Waals surface area (Å²) in [6.07, 6.45) is 0.570. The SMILES string of the molecule is COc1ccc(S(=O)(=O)N2c3ccc(Cl)cc3C(O)(c3ccccc3Cl)C2C(=O)N2CCCC2C(=O)O)cc1OC. The number of hydrogen-bond donors (Lipinski definition) is 2. The second kappa shape index (κ2) is 10.7. The van der Waals surface area contributed by atoms with Gasteiger partial charge in [-0.15, -0.1) is 0 Å². The van der Waals surface area contributed by atoms with Crippen LogP contribution in [0.5, 0.6) is 11.5 Å². The Bertz CT molecular complexity index is 1650. The van der Waals surface area contributed by atoms with Crippen LogP contribution in [-0.2, 0) is 25.2 Å². The molecule has 3 unspecified atom stereocenters. The third-order valence-electron chi connectivity index (χ3n) is 7.49. The van der Waals surface area contributed by atoms with E-state index in [1.807, 2.05) is 0 Å². The minimum Gasteiger partial charge on any atom is -0.493 e. The van der Waals surface area contributed by atoms with Crippen LogP contribution >= 0.6 is 23.2 Å². The maximum atomic E-state index is 14.5. The van der Waals surface area contributed by atoms with Gasteiger partial charge in [-0.3, -0.25) is 4.79 Å². The predicted octanol–water partition coefficient (Wildman–Crippen LogP) is 3.90. The van der Waals surface area contributed by atoms with Gasteiger partial charge < -0.3 is 24.6 Å². The number of anilines is 1. The highest BCUT2D eigenvalue weighted by atomic mass is 35.5. The minimum absolute atomic E-state index is 0.0176. The number of carbonyl (C=O) groups is 2. The lowest BCUT2D eigenvalue weighted by Gasteiger charge is -2.37. The Labute approximate surface area is 246 Å². The molecule has 1 saturated heterocycles. The Hall–Kier alpha value is -3.51. The molecule has 1 fully saturated rings. The fourth-order valence-electron chi connectivity index (χ4n) is 5.61. The van der Waals surface area contributed by atoms with Crippen molar-refractivity contribution in [3.8, 4) is 11.5 Å². The Morgan fingerprint density at radius 2 is 1.68 bits per heavy atom. The van der Waals surface area contributed by atoms with Crippen LogP contribution in [0.25, 0.3) is 0 Å². The average molecular weight is 621 g/mol. The summed E-state index contributed by atoms with van der Waals surface area (Å²) >= 11 is 12.9. The number of ether oxygens (including phenoxy) is 2. The lowest BCUT2D eigenvalue weighted by atomic mass is 9.82. The number of nitrogens with zero attached hydrogens (tertiary/aromatic N) is 2. The highest BCUT2D eigenvalue weighted by Crippen LogP contribution is 2.53. The molecule has 0 bridgehead atoms. The normalized spacial score (nSPS) is 22.0. The third kappa shape index (κ3) is 4.57. The van der Waals surface area contributed by atoms with E-state index in [1.165, 1.54) is 62.8 Å². The first-order chi connectivity index (χ1) is 19.5. The highest BCUT2D eigenvalue weighted by Gasteiger charge is 2.61. The molecule has 3 atom stereocenters. The number of hydrogen-bond acceptors (Lipinski definition) is 7. The summed E-state index contributed by atoms with van der Waals surface area (Å²) < 4.78 is 40.3. The van der Waals surface area contributed by atoms with E-state index in [2.05, 4.69) is 0 Å². The van der Waals surface area contributed by atoms with E-state index in [4.69, 9.17) is 32.7 Å². The van der Waals surface area contributed by atoms with Gasteiger partial charge >= 0.3 is 5.97 Å². The first kappa shape index (κ1) is 29.0. The highest BCUT2D eigenvalue weighted by molar-refractivity contribution is 7.93. The number of fused-ring (bicyclic) bond motifs is 1. The summed E-state index contributed by atoms with van der Waals surface area (Å²) in [5.74, 6) is -1.72. The summed E-state index contributed by atoms with van der Waals surface area (Å²) in [6.45, 7) is 0.0618. The molecule has 216 valence electrons. The summed E-state index contributed by atoms with van der Waals surface area (Å²) in [5.41, 5.74) is -2.28.